The Morgan fingerprint density at radius 2 is 1.71 bits per heavy atom. The lowest BCUT2D eigenvalue weighted by atomic mass is 10.4. The van der Waals surface area contributed by atoms with Crippen LogP contribution < -0.4 is 10.6 Å². The van der Waals surface area contributed by atoms with E-state index in [9.17, 15) is 0 Å². The van der Waals surface area contributed by atoms with Crippen LogP contribution in [0.2, 0.25) is 0 Å². The second-order valence-corrected chi connectivity index (χ2v) is 4.19. The monoisotopic (exact) mass is 354 g/mol. The quantitative estimate of drug-likeness (QED) is 0.330. The molecule has 1 saturated heterocycles. The lowest BCUT2D eigenvalue weighted by molar-refractivity contribution is 0.336. The topological polar surface area (TPSA) is 39.7 Å². The van der Waals surface area contributed by atoms with Crippen molar-refractivity contribution in [1.82, 2.24) is 15.5 Å². The molecule has 0 aromatic rings. The third-order valence-electron chi connectivity index (χ3n) is 2.79. The fourth-order valence-electron chi connectivity index (χ4n) is 2.00. The molecule has 0 aliphatic carbocycles. The van der Waals surface area contributed by atoms with Crippen molar-refractivity contribution in [1.29, 1.82) is 0 Å². The van der Waals surface area contributed by atoms with Gasteiger partial charge in [0, 0.05) is 19.6 Å². The Hall–Kier alpha value is -0.0400. The molecule has 0 bridgehead atoms. The van der Waals surface area contributed by atoms with Gasteiger partial charge in [0.05, 0.1) is 0 Å². The minimum Gasteiger partial charge on any atom is -0.357 e. The van der Waals surface area contributed by atoms with Crippen LogP contribution in [0.3, 0.4) is 0 Å². The highest BCUT2D eigenvalue weighted by Gasteiger charge is 2.09. The molecule has 0 spiro atoms. The maximum absolute atomic E-state index is 4.53. The van der Waals surface area contributed by atoms with Crippen molar-refractivity contribution in [2.24, 2.45) is 4.99 Å². The molecule has 2 N–H and O–H groups in total. The first-order valence-corrected chi connectivity index (χ1v) is 6.61. The highest BCUT2D eigenvalue weighted by molar-refractivity contribution is 14.0. The van der Waals surface area contributed by atoms with E-state index in [4.69, 9.17) is 0 Å². The molecular weight excluding hydrogens is 327 g/mol. The first-order chi connectivity index (χ1) is 7.86. The van der Waals surface area contributed by atoms with Crippen LogP contribution in [-0.2, 0) is 0 Å². The van der Waals surface area contributed by atoms with E-state index >= 15 is 0 Å². The van der Waals surface area contributed by atoms with Crippen molar-refractivity contribution in [3.05, 3.63) is 0 Å². The first-order valence-electron chi connectivity index (χ1n) is 6.61. The fourth-order valence-corrected chi connectivity index (χ4v) is 2.00. The Morgan fingerprint density at radius 3 is 2.24 bits per heavy atom. The van der Waals surface area contributed by atoms with Crippen molar-refractivity contribution in [3.63, 3.8) is 0 Å². The smallest absolute Gasteiger partial charge is 0.191 e. The van der Waals surface area contributed by atoms with Gasteiger partial charge >= 0.3 is 0 Å². The van der Waals surface area contributed by atoms with Crippen LogP contribution in [0.4, 0.5) is 0 Å². The molecule has 0 atom stereocenters. The van der Waals surface area contributed by atoms with Gasteiger partial charge in [0.1, 0.15) is 0 Å². The van der Waals surface area contributed by atoms with Crippen LogP contribution in [0.1, 0.15) is 33.1 Å². The first kappa shape index (κ1) is 17.0. The van der Waals surface area contributed by atoms with Crippen LogP contribution in [0.15, 0.2) is 4.99 Å². The van der Waals surface area contributed by atoms with E-state index in [1.54, 1.807) is 0 Å². The second-order valence-electron chi connectivity index (χ2n) is 4.19. The summed E-state index contributed by atoms with van der Waals surface area (Å²) in [7, 11) is 0. The maximum Gasteiger partial charge on any atom is 0.191 e. The molecule has 1 rings (SSSR count). The molecule has 0 aromatic carbocycles. The summed E-state index contributed by atoms with van der Waals surface area (Å²) in [5.74, 6) is 0.950. The van der Waals surface area contributed by atoms with Crippen molar-refractivity contribution >= 4 is 29.9 Å². The van der Waals surface area contributed by atoms with E-state index in [1.807, 2.05) is 0 Å². The molecule has 0 amide bonds. The van der Waals surface area contributed by atoms with Gasteiger partial charge in [-0.05, 0) is 52.7 Å². The van der Waals surface area contributed by atoms with Gasteiger partial charge in [-0.25, -0.2) is 0 Å². The lowest BCUT2D eigenvalue weighted by Crippen LogP contribution is -2.37. The van der Waals surface area contributed by atoms with E-state index in [1.165, 1.54) is 38.9 Å². The molecule has 1 aliphatic rings. The van der Waals surface area contributed by atoms with Gasteiger partial charge in [-0.3, -0.25) is 4.99 Å². The number of rotatable bonds is 6. The minimum atomic E-state index is 0. The van der Waals surface area contributed by atoms with Gasteiger partial charge in [0.2, 0.25) is 0 Å². The zero-order chi connectivity index (χ0) is 11.6. The molecule has 0 unspecified atom stereocenters. The van der Waals surface area contributed by atoms with Crippen LogP contribution in [0.25, 0.3) is 0 Å². The van der Waals surface area contributed by atoms with Crippen molar-refractivity contribution in [2.45, 2.75) is 33.1 Å². The summed E-state index contributed by atoms with van der Waals surface area (Å²) in [6.07, 6.45) is 3.92. The molecule has 1 aliphatic heterocycles. The van der Waals surface area contributed by atoms with Gasteiger partial charge in [-0.1, -0.05) is 0 Å². The summed E-state index contributed by atoms with van der Waals surface area (Å²) >= 11 is 0. The molecule has 17 heavy (non-hydrogen) atoms. The van der Waals surface area contributed by atoms with Gasteiger partial charge in [-0.15, -0.1) is 24.0 Å². The van der Waals surface area contributed by atoms with Gasteiger partial charge in [0.25, 0.3) is 0 Å². The number of hydrogen-bond acceptors (Lipinski definition) is 2. The number of nitrogens with one attached hydrogen (secondary N) is 2. The number of hydrogen-bond donors (Lipinski definition) is 2. The summed E-state index contributed by atoms with van der Waals surface area (Å²) in [5, 5.41) is 6.47. The molecule has 1 heterocycles. The fraction of sp³-hybridized carbons (Fsp3) is 0.917. The van der Waals surface area contributed by atoms with E-state index in [-0.39, 0.29) is 24.0 Å². The SMILES string of the molecule is CCNC(=NCCCN1CCCC1)NCC.I. The van der Waals surface area contributed by atoms with E-state index in [0.717, 1.165) is 25.6 Å². The number of aliphatic imine (C=N–C) groups is 1. The molecule has 5 heteroatoms. The predicted molar refractivity (Wildman–Crippen MR) is 85.4 cm³/mol. The van der Waals surface area contributed by atoms with Crippen LogP contribution in [0, 0.1) is 0 Å². The normalized spacial score (nSPS) is 15.2. The molecule has 0 aromatic heterocycles. The van der Waals surface area contributed by atoms with E-state index in [2.05, 4.69) is 34.4 Å². The summed E-state index contributed by atoms with van der Waals surface area (Å²) < 4.78 is 0. The zero-order valence-corrected chi connectivity index (χ0v) is 13.5. The highest BCUT2D eigenvalue weighted by Crippen LogP contribution is 2.07. The maximum atomic E-state index is 4.53. The average molecular weight is 354 g/mol. The number of halogens is 1. The van der Waals surface area contributed by atoms with Gasteiger partial charge in [-0.2, -0.15) is 0 Å². The second kappa shape index (κ2) is 11.1. The predicted octanol–water partition coefficient (Wildman–Crippen LogP) is 1.67. The molecule has 0 saturated carbocycles. The van der Waals surface area contributed by atoms with Crippen LogP contribution >= 0.6 is 24.0 Å². The van der Waals surface area contributed by atoms with Crippen molar-refractivity contribution in [3.8, 4) is 0 Å². The third-order valence-corrected chi connectivity index (χ3v) is 2.79. The van der Waals surface area contributed by atoms with Crippen molar-refractivity contribution in [2.75, 3.05) is 39.3 Å². The Bertz CT molecular complexity index is 195. The Morgan fingerprint density at radius 1 is 1.12 bits per heavy atom. The summed E-state index contributed by atoms with van der Waals surface area (Å²) in [6, 6.07) is 0. The van der Waals surface area contributed by atoms with Crippen molar-refractivity contribution < 1.29 is 0 Å². The Kier molecular flexibility index (Phi) is 11.0. The molecule has 4 nitrogen and oxygen atoms in total. The number of guanidine groups is 1. The summed E-state index contributed by atoms with van der Waals surface area (Å²) in [4.78, 5) is 7.07. The standard InChI is InChI=1S/C12H26N4.HI/c1-3-13-12(14-4-2)15-8-7-11-16-9-5-6-10-16;/h3-11H2,1-2H3,(H2,13,14,15);1H. The number of nitrogens with zero attached hydrogens (tertiary/aromatic N) is 2. The molecule has 1 fully saturated rings. The van der Waals surface area contributed by atoms with E-state index in [0.29, 0.717) is 0 Å². The minimum absolute atomic E-state index is 0. The Balaban J connectivity index is 0.00000256. The highest BCUT2D eigenvalue weighted by atomic mass is 127. The molecule has 102 valence electrons. The van der Waals surface area contributed by atoms with Crippen LogP contribution in [0.5, 0.6) is 0 Å². The van der Waals surface area contributed by atoms with Gasteiger partial charge < -0.3 is 15.5 Å². The van der Waals surface area contributed by atoms with Gasteiger partial charge in [0.15, 0.2) is 5.96 Å². The Labute approximate surface area is 123 Å². The third kappa shape index (κ3) is 7.81. The van der Waals surface area contributed by atoms with E-state index < -0.39 is 0 Å². The lowest BCUT2D eigenvalue weighted by Gasteiger charge is -2.13. The summed E-state index contributed by atoms with van der Waals surface area (Å²) in [5.41, 5.74) is 0. The van der Waals surface area contributed by atoms with Crippen LogP contribution in [-0.4, -0.2) is 50.1 Å². The molecule has 0 radical (unpaired) electrons. The zero-order valence-electron chi connectivity index (χ0n) is 11.2. The summed E-state index contributed by atoms with van der Waals surface area (Å²) in [6.45, 7) is 10.7. The number of likely N-dealkylation sites (tertiary alicyclic amines) is 1. The average Bonchev–Trinajstić information content (AvgIpc) is 2.78. The molecular formula is C12H27IN4. The largest absolute Gasteiger partial charge is 0.357 e.